The van der Waals surface area contributed by atoms with Crippen LogP contribution < -0.4 is 0 Å². The Kier molecular flexibility index (Phi) is 3.92. The molecule has 0 spiro atoms. The van der Waals surface area contributed by atoms with E-state index >= 15 is 0 Å². The Morgan fingerprint density at radius 3 is 2.55 bits per heavy atom. The van der Waals surface area contributed by atoms with E-state index in [-0.39, 0.29) is 0 Å². The molecule has 1 heteroatoms. The van der Waals surface area contributed by atoms with Crippen molar-refractivity contribution in [3.8, 4) is 0 Å². The van der Waals surface area contributed by atoms with Gasteiger partial charge in [0.25, 0.3) is 0 Å². The van der Waals surface area contributed by atoms with Crippen LogP contribution in [-0.4, -0.2) is 24.0 Å². The van der Waals surface area contributed by atoms with Crippen LogP contribution in [-0.2, 0) is 0 Å². The Balaban J connectivity index is 2.05. The zero-order valence-electron chi connectivity index (χ0n) is 7.97. The predicted molar refractivity (Wildman–Crippen MR) is 49.8 cm³/mol. The van der Waals surface area contributed by atoms with Gasteiger partial charge in [0.2, 0.25) is 0 Å². The van der Waals surface area contributed by atoms with Crippen LogP contribution in [0.5, 0.6) is 0 Å². The molecule has 1 saturated heterocycles. The number of likely N-dealkylation sites (tertiary alicyclic amines) is 1. The van der Waals surface area contributed by atoms with Crippen LogP contribution in [0.15, 0.2) is 0 Å². The summed E-state index contributed by atoms with van der Waals surface area (Å²) in [5, 5.41) is 0. The van der Waals surface area contributed by atoms with Crippen molar-refractivity contribution < 1.29 is 0 Å². The first-order chi connectivity index (χ1) is 5.38. The maximum atomic E-state index is 2.63. The van der Waals surface area contributed by atoms with Crippen molar-refractivity contribution in [2.75, 3.05) is 13.1 Å². The summed E-state index contributed by atoms with van der Waals surface area (Å²) >= 11 is 0. The Bertz CT molecular complexity index is 101. The molecule has 0 aromatic heterocycles. The molecular formula is C10H21N. The minimum absolute atomic E-state index is 0.954. The number of hydrogen-bond acceptors (Lipinski definition) is 1. The fourth-order valence-electron chi connectivity index (χ4n) is 1.84. The third-order valence-corrected chi connectivity index (χ3v) is 2.67. The minimum Gasteiger partial charge on any atom is -0.300 e. The molecule has 11 heavy (non-hydrogen) atoms. The van der Waals surface area contributed by atoms with Crippen LogP contribution in [0, 0.1) is 0 Å². The highest BCUT2D eigenvalue weighted by atomic mass is 15.2. The summed E-state index contributed by atoms with van der Waals surface area (Å²) < 4.78 is 0. The summed E-state index contributed by atoms with van der Waals surface area (Å²) in [5.74, 6) is 0. The van der Waals surface area contributed by atoms with Crippen LogP contribution in [0.4, 0.5) is 0 Å². The van der Waals surface area contributed by atoms with E-state index < -0.39 is 0 Å². The van der Waals surface area contributed by atoms with Crippen LogP contribution in [0.1, 0.15) is 46.0 Å². The highest BCUT2D eigenvalue weighted by molar-refractivity contribution is 4.81. The SMILES string of the molecule is CCCCC1CCN1CCC. The molecule has 1 aliphatic rings. The van der Waals surface area contributed by atoms with Gasteiger partial charge in [-0.25, -0.2) is 0 Å². The molecule has 1 heterocycles. The second-order valence-electron chi connectivity index (χ2n) is 3.62. The van der Waals surface area contributed by atoms with E-state index in [0.29, 0.717) is 0 Å². The molecule has 0 N–H and O–H groups in total. The highest BCUT2D eigenvalue weighted by Gasteiger charge is 2.25. The highest BCUT2D eigenvalue weighted by Crippen LogP contribution is 2.22. The van der Waals surface area contributed by atoms with Crippen LogP contribution >= 0.6 is 0 Å². The van der Waals surface area contributed by atoms with Crippen molar-refractivity contribution in [1.29, 1.82) is 0 Å². The van der Waals surface area contributed by atoms with Gasteiger partial charge in [-0.2, -0.15) is 0 Å². The zero-order valence-corrected chi connectivity index (χ0v) is 7.97. The largest absolute Gasteiger partial charge is 0.300 e. The van der Waals surface area contributed by atoms with E-state index in [1.165, 1.54) is 45.2 Å². The van der Waals surface area contributed by atoms with Gasteiger partial charge in [0.15, 0.2) is 0 Å². The monoisotopic (exact) mass is 155 g/mol. The minimum atomic E-state index is 0.954. The number of nitrogens with zero attached hydrogens (tertiary/aromatic N) is 1. The van der Waals surface area contributed by atoms with Gasteiger partial charge in [-0.3, -0.25) is 0 Å². The average Bonchev–Trinajstić information content (AvgIpc) is 1.99. The first-order valence-corrected chi connectivity index (χ1v) is 5.12. The molecule has 0 aliphatic carbocycles. The third-order valence-electron chi connectivity index (χ3n) is 2.67. The average molecular weight is 155 g/mol. The molecule has 0 bridgehead atoms. The van der Waals surface area contributed by atoms with Gasteiger partial charge >= 0.3 is 0 Å². The lowest BCUT2D eigenvalue weighted by Crippen LogP contribution is -2.47. The molecular weight excluding hydrogens is 134 g/mol. The predicted octanol–water partition coefficient (Wildman–Crippen LogP) is 2.66. The lowest BCUT2D eigenvalue weighted by molar-refractivity contribution is 0.0824. The summed E-state index contributed by atoms with van der Waals surface area (Å²) in [4.78, 5) is 2.63. The van der Waals surface area contributed by atoms with Crippen molar-refractivity contribution in [1.82, 2.24) is 4.90 Å². The van der Waals surface area contributed by atoms with Crippen molar-refractivity contribution >= 4 is 0 Å². The molecule has 1 atom stereocenters. The molecule has 0 amide bonds. The molecule has 66 valence electrons. The van der Waals surface area contributed by atoms with Crippen molar-refractivity contribution in [3.05, 3.63) is 0 Å². The first-order valence-electron chi connectivity index (χ1n) is 5.12. The quantitative estimate of drug-likeness (QED) is 0.590. The maximum absolute atomic E-state index is 2.63. The van der Waals surface area contributed by atoms with Gasteiger partial charge in [-0.1, -0.05) is 26.7 Å². The smallest absolute Gasteiger partial charge is 0.0107 e. The molecule has 1 fully saturated rings. The first kappa shape index (κ1) is 9.05. The fraction of sp³-hybridized carbons (Fsp3) is 1.00. The number of rotatable bonds is 5. The van der Waals surface area contributed by atoms with Gasteiger partial charge in [0.05, 0.1) is 0 Å². The lowest BCUT2D eigenvalue weighted by Gasteiger charge is -2.41. The second-order valence-corrected chi connectivity index (χ2v) is 3.62. The van der Waals surface area contributed by atoms with Gasteiger partial charge in [-0.15, -0.1) is 0 Å². The second kappa shape index (κ2) is 4.76. The molecule has 0 aromatic carbocycles. The van der Waals surface area contributed by atoms with Crippen molar-refractivity contribution in [2.24, 2.45) is 0 Å². The molecule has 1 aliphatic heterocycles. The summed E-state index contributed by atoms with van der Waals surface area (Å²) in [7, 11) is 0. The van der Waals surface area contributed by atoms with Gasteiger partial charge < -0.3 is 4.90 Å². The summed E-state index contributed by atoms with van der Waals surface area (Å²) in [6.45, 7) is 7.24. The molecule has 0 aromatic rings. The molecule has 0 radical (unpaired) electrons. The molecule has 1 nitrogen and oxygen atoms in total. The van der Waals surface area contributed by atoms with Gasteiger partial charge in [0, 0.05) is 6.04 Å². The zero-order chi connectivity index (χ0) is 8.10. The van der Waals surface area contributed by atoms with Crippen molar-refractivity contribution in [2.45, 2.75) is 52.0 Å². The Morgan fingerprint density at radius 1 is 1.27 bits per heavy atom. The lowest BCUT2D eigenvalue weighted by atomic mass is 9.97. The summed E-state index contributed by atoms with van der Waals surface area (Å²) in [6.07, 6.45) is 7.00. The summed E-state index contributed by atoms with van der Waals surface area (Å²) in [5.41, 5.74) is 0. The number of unbranched alkanes of at least 4 members (excludes halogenated alkanes) is 1. The van der Waals surface area contributed by atoms with E-state index in [1.807, 2.05) is 0 Å². The van der Waals surface area contributed by atoms with E-state index in [9.17, 15) is 0 Å². The molecule has 0 saturated carbocycles. The topological polar surface area (TPSA) is 3.24 Å². The Labute approximate surface area is 70.8 Å². The Morgan fingerprint density at radius 2 is 2.09 bits per heavy atom. The van der Waals surface area contributed by atoms with Crippen LogP contribution in [0.3, 0.4) is 0 Å². The molecule has 1 rings (SSSR count). The molecule has 1 unspecified atom stereocenters. The van der Waals surface area contributed by atoms with Crippen LogP contribution in [0.25, 0.3) is 0 Å². The van der Waals surface area contributed by atoms with E-state index in [2.05, 4.69) is 18.7 Å². The summed E-state index contributed by atoms with van der Waals surface area (Å²) in [6, 6.07) is 0.954. The maximum Gasteiger partial charge on any atom is 0.0107 e. The van der Waals surface area contributed by atoms with E-state index in [0.717, 1.165) is 6.04 Å². The normalized spacial score (nSPS) is 25.1. The number of hydrogen-bond donors (Lipinski definition) is 0. The van der Waals surface area contributed by atoms with Gasteiger partial charge in [0.1, 0.15) is 0 Å². The van der Waals surface area contributed by atoms with Crippen molar-refractivity contribution in [3.63, 3.8) is 0 Å². The van der Waals surface area contributed by atoms with Gasteiger partial charge in [-0.05, 0) is 32.4 Å². The van der Waals surface area contributed by atoms with E-state index in [4.69, 9.17) is 0 Å². The standard InChI is InChI=1S/C10H21N/c1-3-5-6-10-7-9-11(10)8-4-2/h10H,3-9H2,1-2H3. The van der Waals surface area contributed by atoms with Crippen LogP contribution in [0.2, 0.25) is 0 Å². The van der Waals surface area contributed by atoms with E-state index in [1.54, 1.807) is 0 Å². The Hall–Kier alpha value is -0.0400. The fourth-order valence-corrected chi connectivity index (χ4v) is 1.84. The third kappa shape index (κ3) is 2.48.